The van der Waals surface area contributed by atoms with Crippen LogP contribution in [0.5, 0.6) is 0 Å². The van der Waals surface area contributed by atoms with Gasteiger partial charge in [-0.05, 0) is 38.5 Å². The lowest BCUT2D eigenvalue weighted by atomic mass is 10.0. The molecule has 0 bridgehead atoms. The standard InChI is InChI=1S/C44H88NO7P/c1-6-8-10-12-14-16-18-20-22-23-24-26-28-30-32-34-36-39-49-41-43(42-51-53(47,48)50-40-38-45(3,4)5)52-44(46)37-35-33-31-29-27-25-21-19-17-15-13-11-9-7-2/h22-23,43H,6-21,24-42H2,1-5H3/p+1/b23-22-. The number of esters is 1. The Kier molecular flexibility index (Phi) is 37.6. The van der Waals surface area contributed by atoms with Gasteiger partial charge in [0.25, 0.3) is 0 Å². The Balaban J connectivity index is 4.20. The molecule has 0 rings (SSSR count). The third-order valence-corrected chi connectivity index (χ3v) is 10.8. The van der Waals surface area contributed by atoms with Gasteiger partial charge in [-0.15, -0.1) is 0 Å². The van der Waals surface area contributed by atoms with Crippen molar-refractivity contribution in [3.8, 4) is 0 Å². The monoisotopic (exact) mass is 775 g/mol. The van der Waals surface area contributed by atoms with Gasteiger partial charge in [-0.1, -0.05) is 174 Å². The van der Waals surface area contributed by atoms with Gasteiger partial charge < -0.3 is 18.9 Å². The van der Waals surface area contributed by atoms with Crippen LogP contribution in [0.4, 0.5) is 0 Å². The summed E-state index contributed by atoms with van der Waals surface area (Å²) in [6.07, 6.45) is 40.9. The van der Waals surface area contributed by atoms with Crippen LogP contribution in [0.25, 0.3) is 0 Å². The van der Waals surface area contributed by atoms with E-state index in [1.807, 2.05) is 21.1 Å². The number of carbonyl (C=O) groups excluding carboxylic acids is 1. The smallest absolute Gasteiger partial charge is 0.457 e. The van der Waals surface area contributed by atoms with Crippen molar-refractivity contribution in [2.45, 2.75) is 213 Å². The highest BCUT2D eigenvalue weighted by Crippen LogP contribution is 2.43. The summed E-state index contributed by atoms with van der Waals surface area (Å²) in [5.74, 6) is -0.312. The maximum Gasteiger partial charge on any atom is 0.472 e. The van der Waals surface area contributed by atoms with Gasteiger partial charge in [0.2, 0.25) is 0 Å². The van der Waals surface area contributed by atoms with Crippen molar-refractivity contribution in [3.05, 3.63) is 12.2 Å². The Labute approximate surface area is 329 Å². The van der Waals surface area contributed by atoms with Crippen LogP contribution in [0.1, 0.15) is 206 Å². The van der Waals surface area contributed by atoms with Gasteiger partial charge >= 0.3 is 13.8 Å². The van der Waals surface area contributed by atoms with Crippen molar-refractivity contribution >= 4 is 13.8 Å². The third kappa shape index (κ3) is 42.2. The van der Waals surface area contributed by atoms with Gasteiger partial charge in [-0.2, -0.15) is 0 Å². The minimum atomic E-state index is -4.27. The number of phosphoric ester groups is 1. The van der Waals surface area contributed by atoms with E-state index in [2.05, 4.69) is 26.0 Å². The van der Waals surface area contributed by atoms with Crippen LogP contribution in [-0.4, -0.2) is 75.6 Å². The summed E-state index contributed by atoms with van der Waals surface area (Å²) in [6, 6.07) is 0. The third-order valence-electron chi connectivity index (χ3n) is 9.83. The summed E-state index contributed by atoms with van der Waals surface area (Å²) in [6.45, 7) is 5.64. The molecule has 0 saturated heterocycles. The van der Waals surface area contributed by atoms with E-state index in [4.69, 9.17) is 18.5 Å². The van der Waals surface area contributed by atoms with Crippen molar-refractivity contribution in [3.63, 3.8) is 0 Å². The van der Waals surface area contributed by atoms with Crippen LogP contribution in [0, 0.1) is 0 Å². The van der Waals surface area contributed by atoms with E-state index in [0.29, 0.717) is 24.1 Å². The van der Waals surface area contributed by atoms with Gasteiger partial charge in [0.1, 0.15) is 19.3 Å². The Morgan fingerprint density at radius 3 is 1.43 bits per heavy atom. The van der Waals surface area contributed by atoms with Crippen molar-refractivity contribution in [2.75, 3.05) is 54.1 Å². The molecular formula is C44H89NO7P+. The molecule has 0 aromatic carbocycles. The summed E-state index contributed by atoms with van der Waals surface area (Å²) in [5, 5.41) is 0. The molecule has 0 aromatic rings. The van der Waals surface area contributed by atoms with Gasteiger partial charge in [0.05, 0.1) is 34.4 Å². The van der Waals surface area contributed by atoms with Crippen molar-refractivity contribution < 1.29 is 37.3 Å². The van der Waals surface area contributed by atoms with E-state index in [0.717, 1.165) is 32.1 Å². The first-order valence-electron chi connectivity index (χ1n) is 22.4. The molecular weight excluding hydrogens is 685 g/mol. The molecule has 0 saturated carbocycles. The number of rotatable bonds is 42. The van der Waals surface area contributed by atoms with E-state index >= 15 is 0 Å². The second-order valence-electron chi connectivity index (χ2n) is 16.4. The first kappa shape index (κ1) is 52.2. The predicted octanol–water partition coefficient (Wildman–Crippen LogP) is 13.1. The summed E-state index contributed by atoms with van der Waals surface area (Å²) < 4.78 is 35.0. The van der Waals surface area contributed by atoms with Gasteiger partial charge in [-0.3, -0.25) is 13.8 Å². The molecule has 0 aliphatic heterocycles. The summed E-state index contributed by atoms with van der Waals surface area (Å²) in [5.41, 5.74) is 0. The molecule has 2 atom stereocenters. The molecule has 0 fully saturated rings. The first-order chi connectivity index (χ1) is 25.6. The molecule has 9 heteroatoms. The molecule has 0 aromatic heterocycles. The molecule has 1 N–H and O–H groups in total. The fourth-order valence-corrected chi connectivity index (χ4v) is 7.05. The highest BCUT2D eigenvalue weighted by atomic mass is 31.2. The zero-order chi connectivity index (χ0) is 39.1. The molecule has 0 aliphatic rings. The number of ether oxygens (including phenoxy) is 2. The number of carbonyl (C=O) groups is 1. The molecule has 8 nitrogen and oxygen atoms in total. The highest BCUT2D eigenvalue weighted by molar-refractivity contribution is 7.47. The number of hydrogen-bond acceptors (Lipinski definition) is 6. The quantitative estimate of drug-likeness (QED) is 0.0217. The normalized spacial score (nSPS) is 13.8. The minimum Gasteiger partial charge on any atom is -0.457 e. The number of quaternary nitrogens is 1. The largest absolute Gasteiger partial charge is 0.472 e. The molecule has 316 valence electrons. The lowest BCUT2D eigenvalue weighted by Crippen LogP contribution is -2.37. The Bertz CT molecular complexity index is 863. The van der Waals surface area contributed by atoms with Gasteiger partial charge in [-0.25, -0.2) is 4.57 Å². The first-order valence-corrected chi connectivity index (χ1v) is 23.9. The summed E-state index contributed by atoms with van der Waals surface area (Å²) in [7, 11) is 1.67. The zero-order valence-corrected chi connectivity index (χ0v) is 36.7. The SMILES string of the molecule is CCCCCCCCC/C=C\CCCCCCCCOCC(COP(=O)(O)OCC[N+](C)(C)C)OC(=O)CCCCCCCCCCCCCCCC. The minimum absolute atomic E-state index is 0.0906. The molecule has 0 spiro atoms. The van der Waals surface area contributed by atoms with E-state index in [-0.39, 0.29) is 25.8 Å². The predicted molar refractivity (Wildman–Crippen MR) is 224 cm³/mol. The highest BCUT2D eigenvalue weighted by Gasteiger charge is 2.26. The van der Waals surface area contributed by atoms with E-state index in [1.54, 1.807) is 0 Å². The van der Waals surface area contributed by atoms with Crippen LogP contribution in [-0.2, 0) is 27.9 Å². The Morgan fingerprint density at radius 2 is 0.981 bits per heavy atom. The lowest BCUT2D eigenvalue weighted by molar-refractivity contribution is -0.870. The molecule has 53 heavy (non-hydrogen) atoms. The van der Waals surface area contributed by atoms with E-state index < -0.39 is 13.9 Å². The number of hydrogen-bond donors (Lipinski definition) is 1. The zero-order valence-electron chi connectivity index (χ0n) is 35.8. The second kappa shape index (κ2) is 38.1. The molecule has 0 radical (unpaired) electrons. The van der Waals surface area contributed by atoms with Crippen molar-refractivity contribution in [1.82, 2.24) is 0 Å². The number of nitrogens with zero attached hydrogens (tertiary/aromatic N) is 1. The van der Waals surface area contributed by atoms with Crippen LogP contribution < -0.4 is 0 Å². The molecule has 0 amide bonds. The Morgan fingerprint density at radius 1 is 0.566 bits per heavy atom. The van der Waals surface area contributed by atoms with Gasteiger partial charge in [0.15, 0.2) is 0 Å². The fraction of sp³-hybridized carbons (Fsp3) is 0.932. The second-order valence-corrected chi connectivity index (χ2v) is 17.9. The Hall–Kier alpha value is -0.760. The lowest BCUT2D eigenvalue weighted by Gasteiger charge is -2.24. The fourth-order valence-electron chi connectivity index (χ4n) is 6.31. The maximum atomic E-state index is 12.7. The number of allylic oxidation sites excluding steroid dienone is 2. The van der Waals surface area contributed by atoms with Crippen LogP contribution in [0.3, 0.4) is 0 Å². The number of phosphoric acid groups is 1. The van der Waals surface area contributed by atoms with E-state index in [9.17, 15) is 14.3 Å². The number of unbranched alkanes of at least 4 members (excludes halogenated alkanes) is 26. The average molecular weight is 775 g/mol. The molecule has 0 heterocycles. The average Bonchev–Trinajstić information content (AvgIpc) is 3.11. The van der Waals surface area contributed by atoms with Crippen LogP contribution in [0.15, 0.2) is 12.2 Å². The van der Waals surface area contributed by atoms with E-state index in [1.165, 1.54) is 154 Å². The van der Waals surface area contributed by atoms with Crippen molar-refractivity contribution in [2.24, 2.45) is 0 Å². The maximum absolute atomic E-state index is 12.7. The van der Waals surface area contributed by atoms with Crippen LogP contribution >= 0.6 is 7.82 Å². The molecule has 0 aliphatic carbocycles. The molecule has 2 unspecified atom stereocenters. The summed E-state index contributed by atoms with van der Waals surface area (Å²) >= 11 is 0. The van der Waals surface area contributed by atoms with Gasteiger partial charge in [0, 0.05) is 13.0 Å². The van der Waals surface area contributed by atoms with Crippen LogP contribution in [0.2, 0.25) is 0 Å². The van der Waals surface area contributed by atoms with Crippen molar-refractivity contribution in [1.29, 1.82) is 0 Å². The number of likely N-dealkylation sites (N-methyl/N-ethyl adjacent to an activating group) is 1. The summed E-state index contributed by atoms with van der Waals surface area (Å²) in [4.78, 5) is 22.9. The topological polar surface area (TPSA) is 91.3 Å².